The molecule has 2 fully saturated rings. The number of thiophene rings is 1. The van der Waals surface area contributed by atoms with Crippen molar-refractivity contribution in [2.24, 2.45) is 0 Å². The van der Waals surface area contributed by atoms with E-state index in [1.807, 2.05) is 23.6 Å². The standard InChI is InChI=1S/C18H23N3O3S3/c22-16(19-5-2-6-20-8-10-24-11-9-20)4-7-21-17(23)15(27-18(21)25)13-14-3-1-12-26-14/h1,3,12-13H,2,4-11H2,(H,19,22)/p+1/b15-13-. The number of carbonyl (C=O) groups excluding carboxylic acids is 2. The quantitative estimate of drug-likeness (QED) is 0.365. The summed E-state index contributed by atoms with van der Waals surface area (Å²) in [4.78, 5) is 29.3. The SMILES string of the molecule is O=C(CCN1C(=O)/C(=C/c2cccs2)SC1=S)NCCC[NH+]1CCOCC1. The molecule has 0 bridgehead atoms. The van der Waals surface area contributed by atoms with E-state index in [1.165, 1.54) is 21.6 Å². The molecule has 0 radical (unpaired) electrons. The second-order valence-electron chi connectivity index (χ2n) is 6.41. The Morgan fingerprint density at radius 1 is 1.41 bits per heavy atom. The van der Waals surface area contributed by atoms with Crippen LogP contribution < -0.4 is 10.2 Å². The van der Waals surface area contributed by atoms with Gasteiger partial charge in [-0.3, -0.25) is 14.5 Å². The number of morpholine rings is 1. The normalized spacial score (nSPS) is 19.9. The first-order chi connectivity index (χ1) is 13.1. The molecule has 0 aliphatic carbocycles. The lowest BCUT2D eigenvalue weighted by molar-refractivity contribution is -0.908. The molecule has 0 saturated carbocycles. The molecule has 3 heterocycles. The molecule has 2 aliphatic heterocycles. The van der Waals surface area contributed by atoms with Gasteiger partial charge in [-0.1, -0.05) is 30.0 Å². The topological polar surface area (TPSA) is 63.1 Å². The molecule has 146 valence electrons. The Bertz CT molecular complexity index is 700. The summed E-state index contributed by atoms with van der Waals surface area (Å²) in [6.07, 6.45) is 3.08. The van der Waals surface area contributed by atoms with Gasteiger partial charge >= 0.3 is 0 Å². The lowest BCUT2D eigenvalue weighted by Gasteiger charge is -2.23. The number of amides is 2. The highest BCUT2D eigenvalue weighted by Gasteiger charge is 2.32. The lowest BCUT2D eigenvalue weighted by atomic mass is 10.3. The summed E-state index contributed by atoms with van der Waals surface area (Å²) in [5.74, 6) is -0.148. The number of hydrogen-bond acceptors (Lipinski definition) is 6. The van der Waals surface area contributed by atoms with Crippen molar-refractivity contribution in [1.29, 1.82) is 0 Å². The molecule has 2 amide bonds. The van der Waals surface area contributed by atoms with Gasteiger partial charge in [0, 0.05) is 30.8 Å². The van der Waals surface area contributed by atoms with Crippen LogP contribution in [0.2, 0.25) is 0 Å². The molecule has 0 unspecified atom stereocenters. The summed E-state index contributed by atoms with van der Waals surface area (Å²) in [5.41, 5.74) is 0. The predicted molar refractivity (Wildman–Crippen MR) is 113 cm³/mol. The van der Waals surface area contributed by atoms with Crippen molar-refractivity contribution >= 4 is 57.5 Å². The Morgan fingerprint density at radius 3 is 2.96 bits per heavy atom. The highest BCUT2D eigenvalue weighted by atomic mass is 32.2. The number of rotatable bonds is 8. The molecule has 1 aromatic rings. The van der Waals surface area contributed by atoms with Crippen LogP contribution in [0.15, 0.2) is 22.4 Å². The smallest absolute Gasteiger partial charge is 0.266 e. The van der Waals surface area contributed by atoms with Crippen LogP contribution in [-0.4, -0.2) is 67.0 Å². The van der Waals surface area contributed by atoms with Gasteiger partial charge in [-0.2, -0.15) is 0 Å². The predicted octanol–water partition coefficient (Wildman–Crippen LogP) is 0.761. The number of nitrogens with zero attached hydrogens (tertiary/aromatic N) is 1. The van der Waals surface area contributed by atoms with E-state index in [2.05, 4.69) is 5.32 Å². The van der Waals surface area contributed by atoms with Gasteiger partial charge in [0.25, 0.3) is 5.91 Å². The first kappa shape index (κ1) is 20.5. The molecule has 3 rings (SSSR count). The first-order valence-corrected chi connectivity index (χ1v) is 11.2. The molecule has 2 aliphatic rings. The highest BCUT2D eigenvalue weighted by Crippen LogP contribution is 2.33. The number of thiocarbonyl (C=S) groups is 1. The minimum atomic E-state index is -0.109. The molecule has 0 spiro atoms. The third-order valence-corrected chi connectivity index (χ3v) is 6.68. The maximum atomic E-state index is 12.5. The molecule has 0 atom stereocenters. The largest absolute Gasteiger partial charge is 0.370 e. The van der Waals surface area contributed by atoms with Gasteiger partial charge in [0.1, 0.15) is 17.4 Å². The van der Waals surface area contributed by atoms with E-state index in [0.717, 1.165) is 44.1 Å². The summed E-state index contributed by atoms with van der Waals surface area (Å²) in [6, 6.07) is 3.91. The second kappa shape index (κ2) is 10.3. The molecule has 2 N–H and O–H groups in total. The van der Waals surface area contributed by atoms with E-state index < -0.39 is 0 Å². The number of nitrogens with one attached hydrogen (secondary N) is 2. The number of carbonyl (C=O) groups is 2. The zero-order valence-corrected chi connectivity index (χ0v) is 17.5. The summed E-state index contributed by atoms with van der Waals surface area (Å²) in [7, 11) is 0. The van der Waals surface area contributed by atoms with Crippen molar-refractivity contribution in [2.45, 2.75) is 12.8 Å². The van der Waals surface area contributed by atoms with E-state index in [9.17, 15) is 9.59 Å². The van der Waals surface area contributed by atoms with Crippen molar-refractivity contribution in [1.82, 2.24) is 10.2 Å². The maximum absolute atomic E-state index is 12.5. The zero-order valence-electron chi connectivity index (χ0n) is 15.1. The Balaban J connectivity index is 1.37. The van der Waals surface area contributed by atoms with Gasteiger partial charge in [-0.05, 0) is 17.5 Å². The molecular weight excluding hydrogens is 402 g/mol. The molecule has 1 aromatic heterocycles. The third kappa shape index (κ3) is 6.11. The van der Waals surface area contributed by atoms with E-state index in [4.69, 9.17) is 17.0 Å². The van der Waals surface area contributed by atoms with Crippen molar-refractivity contribution in [3.8, 4) is 0 Å². The van der Waals surface area contributed by atoms with Crippen LogP contribution in [-0.2, 0) is 14.3 Å². The van der Waals surface area contributed by atoms with Crippen molar-refractivity contribution in [3.05, 3.63) is 27.3 Å². The van der Waals surface area contributed by atoms with E-state index in [1.54, 1.807) is 11.3 Å². The van der Waals surface area contributed by atoms with Gasteiger partial charge in [-0.25, -0.2) is 0 Å². The third-order valence-electron chi connectivity index (χ3n) is 4.48. The zero-order chi connectivity index (χ0) is 19.1. The van der Waals surface area contributed by atoms with E-state index in [0.29, 0.717) is 22.3 Å². The van der Waals surface area contributed by atoms with Gasteiger partial charge in [0.2, 0.25) is 5.91 Å². The number of thioether (sulfide) groups is 1. The van der Waals surface area contributed by atoms with Crippen LogP contribution in [0.5, 0.6) is 0 Å². The average Bonchev–Trinajstić information content (AvgIpc) is 3.27. The Morgan fingerprint density at radius 2 is 2.22 bits per heavy atom. The fraction of sp³-hybridized carbons (Fsp3) is 0.500. The van der Waals surface area contributed by atoms with Crippen molar-refractivity contribution in [3.63, 3.8) is 0 Å². The van der Waals surface area contributed by atoms with E-state index >= 15 is 0 Å². The maximum Gasteiger partial charge on any atom is 0.266 e. The molecule has 6 nitrogen and oxygen atoms in total. The van der Waals surface area contributed by atoms with Gasteiger partial charge in [0.15, 0.2) is 0 Å². The summed E-state index contributed by atoms with van der Waals surface area (Å²) in [5, 5.41) is 4.91. The van der Waals surface area contributed by atoms with Gasteiger partial charge < -0.3 is 15.0 Å². The molecule has 9 heteroatoms. The molecular formula is C18H24N3O3S3+. The number of hydrogen-bond donors (Lipinski definition) is 2. The minimum absolute atomic E-state index is 0.0386. The van der Waals surface area contributed by atoms with Gasteiger partial charge in [-0.15, -0.1) is 11.3 Å². The summed E-state index contributed by atoms with van der Waals surface area (Å²) >= 11 is 8.18. The van der Waals surface area contributed by atoms with Crippen LogP contribution in [0, 0.1) is 0 Å². The lowest BCUT2D eigenvalue weighted by Crippen LogP contribution is -3.14. The van der Waals surface area contributed by atoms with Gasteiger partial charge in [0.05, 0.1) is 24.7 Å². The van der Waals surface area contributed by atoms with Crippen molar-refractivity contribution < 1.29 is 19.2 Å². The number of ether oxygens (including phenoxy) is 1. The first-order valence-electron chi connectivity index (χ1n) is 9.10. The summed E-state index contributed by atoms with van der Waals surface area (Å²) < 4.78 is 5.86. The molecule has 0 aromatic carbocycles. The van der Waals surface area contributed by atoms with Crippen LogP contribution in [0.1, 0.15) is 17.7 Å². The van der Waals surface area contributed by atoms with Crippen LogP contribution in [0.25, 0.3) is 6.08 Å². The monoisotopic (exact) mass is 426 g/mol. The average molecular weight is 427 g/mol. The summed E-state index contributed by atoms with van der Waals surface area (Å²) in [6.45, 7) is 5.78. The van der Waals surface area contributed by atoms with Crippen LogP contribution in [0.3, 0.4) is 0 Å². The van der Waals surface area contributed by atoms with Crippen LogP contribution in [0.4, 0.5) is 0 Å². The van der Waals surface area contributed by atoms with Crippen LogP contribution >= 0.6 is 35.3 Å². The fourth-order valence-electron chi connectivity index (χ4n) is 2.97. The molecule has 2 saturated heterocycles. The Hall–Kier alpha value is -1.26. The second-order valence-corrected chi connectivity index (χ2v) is 9.07. The number of quaternary nitrogens is 1. The highest BCUT2D eigenvalue weighted by molar-refractivity contribution is 8.26. The fourth-order valence-corrected chi connectivity index (χ4v) is 5.00. The minimum Gasteiger partial charge on any atom is -0.370 e. The van der Waals surface area contributed by atoms with Crippen molar-refractivity contribution in [2.75, 3.05) is 45.9 Å². The molecule has 27 heavy (non-hydrogen) atoms. The van der Waals surface area contributed by atoms with E-state index in [-0.39, 0.29) is 18.2 Å². The Kier molecular flexibility index (Phi) is 7.83. The Labute approximate surface area is 172 Å².